The van der Waals surface area contributed by atoms with Crippen LogP contribution in [0.3, 0.4) is 0 Å². The monoisotopic (exact) mass is 452 g/mol. The lowest BCUT2D eigenvalue weighted by atomic mass is 10.0. The Morgan fingerprint density at radius 2 is 1.58 bits per heavy atom. The van der Waals surface area contributed by atoms with Crippen LogP contribution < -0.4 is 4.74 Å². The largest absolute Gasteiger partial charge is 0.478 e. The smallest absolute Gasteiger partial charge is 0.422 e. The molecule has 2 saturated heterocycles. The van der Waals surface area contributed by atoms with E-state index in [1.807, 2.05) is 19.1 Å². The fourth-order valence-corrected chi connectivity index (χ4v) is 3.39. The van der Waals surface area contributed by atoms with Gasteiger partial charge in [-0.2, -0.15) is 13.2 Å². The molecule has 0 spiro atoms. The number of rotatable bonds is 7. The van der Waals surface area contributed by atoms with Crippen LogP contribution in [0.25, 0.3) is 0 Å². The van der Waals surface area contributed by atoms with Crippen molar-refractivity contribution in [3.8, 4) is 5.75 Å². The summed E-state index contributed by atoms with van der Waals surface area (Å²) in [6, 6.07) is 1.70. The van der Waals surface area contributed by atoms with E-state index in [2.05, 4.69) is 4.74 Å². The van der Waals surface area contributed by atoms with E-state index in [9.17, 15) is 22.0 Å². The predicted octanol–water partition coefficient (Wildman–Crippen LogP) is 4.91. The SMILES string of the molecule is CC=CC1COC(CCC2COC(c3cc(F)c(OCC(F)(F)F)c(F)c3)OC2)OC1. The molecule has 0 bridgehead atoms. The molecule has 10 heteroatoms. The van der Waals surface area contributed by atoms with Gasteiger partial charge in [-0.15, -0.1) is 0 Å². The van der Waals surface area contributed by atoms with E-state index in [0.29, 0.717) is 32.8 Å². The second-order valence-corrected chi connectivity index (χ2v) is 7.54. The van der Waals surface area contributed by atoms with Crippen molar-refractivity contribution in [1.29, 1.82) is 0 Å². The first kappa shape index (κ1) is 23.9. The molecule has 0 saturated carbocycles. The van der Waals surface area contributed by atoms with Gasteiger partial charge in [-0.05, 0) is 31.9 Å². The topological polar surface area (TPSA) is 46.2 Å². The summed E-state index contributed by atoms with van der Waals surface area (Å²) >= 11 is 0. The Balaban J connectivity index is 1.45. The Morgan fingerprint density at radius 1 is 0.968 bits per heavy atom. The Morgan fingerprint density at radius 3 is 2.13 bits per heavy atom. The number of hydrogen-bond acceptors (Lipinski definition) is 5. The van der Waals surface area contributed by atoms with Gasteiger partial charge in [0.05, 0.1) is 26.4 Å². The van der Waals surface area contributed by atoms with Crippen LogP contribution in [0.5, 0.6) is 5.75 Å². The van der Waals surface area contributed by atoms with E-state index in [0.717, 1.165) is 18.6 Å². The van der Waals surface area contributed by atoms with Crippen molar-refractivity contribution < 1.29 is 45.6 Å². The van der Waals surface area contributed by atoms with Gasteiger partial charge in [0.2, 0.25) is 0 Å². The fourth-order valence-electron chi connectivity index (χ4n) is 3.39. The summed E-state index contributed by atoms with van der Waals surface area (Å²) in [5.41, 5.74) is 0.0294. The Hall–Kier alpha value is -1.75. The van der Waals surface area contributed by atoms with Crippen molar-refractivity contribution in [3.63, 3.8) is 0 Å². The van der Waals surface area contributed by atoms with Gasteiger partial charge >= 0.3 is 6.18 Å². The summed E-state index contributed by atoms with van der Waals surface area (Å²) in [6.45, 7) is 1.97. The minimum Gasteiger partial charge on any atom is -0.478 e. The molecule has 0 N–H and O–H groups in total. The average Bonchev–Trinajstić information content (AvgIpc) is 2.72. The third-order valence-corrected chi connectivity index (χ3v) is 4.91. The van der Waals surface area contributed by atoms with Gasteiger partial charge in [0, 0.05) is 17.4 Å². The lowest BCUT2D eigenvalue weighted by molar-refractivity contribution is -0.217. The molecule has 0 atom stereocenters. The molecule has 0 aromatic heterocycles. The maximum atomic E-state index is 14.0. The highest BCUT2D eigenvalue weighted by Gasteiger charge is 2.31. The standard InChI is InChI=1S/C21H25F5O5/c1-2-3-13-8-27-18(28-9-13)5-4-14-10-29-20(30-11-14)15-6-16(22)19(17(23)7-15)31-12-21(24,25)26/h2-3,6-7,13-14,18,20H,4-5,8-12H2,1H3. The summed E-state index contributed by atoms with van der Waals surface area (Å²) in [6.07, 6.45) is -0.611. The van der Waals surface area contributed by atoms with Gasteiger partial charge in [-0.25, -0.2) is 8.78 Å². The van der Waals surface area contributed by atoms with Gasteiger partial charge in [-0.3, -0.25) is 0 Å². The maximum absolute atomic E-state index is 14.0. The molecule has 5 nitrogen and oxygen atoms in total. The Bertz CT molecular complexity index is 715. The number of benzene rings is 1. The first-order valence-electron chi connectivity index (χ1n) is 10.0. The van der Waals surface area contributed by atoms with Crippen LogP contribution >= 0.6 is 0 Å². The van der Waals surface area contributed by atoms with Crippen molar-refractivity contribution >= 4 is 0 Å². The Kier molecular flexibility index (Phi) is 8.26. The molecule has 1 aromatic rings. The number of halogens is 5. The summed E-state index contributed by atoms with van der Waals surface area (Å²) in [5, 5.41) is 0. The average molecular weight is 452 g/mol. The lowest BCUT2D eigenvalue weighted by Gasteiger charge is -2.32. The quantitative estimate of drug-likeness (QED) is 0.435. The highest BCUT2D eigenvalue weighted by atomic mass is 19.4. The van der Waals surface area contributed by atoms with Gasteiger partial charge in [0.25, 0.3) is 0 Å². The second-order valence-electron chi connectivity index (χ2n) is 7.54. The van der Waals surface area contributed by atoms with Crippen LogP contribution in [0.4, 0.5) is 22.0 Å². The summed E-state index contributed by atoms with van der Waals surface area (Å²) in [5.74, 6) is -3.28. The van der Waals surface area contributed by atoms with Crippen molar-refractivity contribution in [3.05, 3.63) is 41.5 Å². The van der Waals surface area contributed by atoms with E-state index in [1.165, 1.54) is 0 Å². The molecule has 0 aliphatic carbocycles. The third kappa shape index (κ3) is 7.13. The van der Waals surface area contributed by atoms with Crippen molar-refractivity contribution in [1.82, 2.24) is 0 Å². The van der Waals surface area contributed by atoms with Crippen LogP contribution in [-0.2, 0) is 18.9 Å². The molecule has 2 fully saturated rings. The van der Waals surface area contributed by atoms with Crippen LogP contribution in [0.1, 0.15) is 31.6 Å². The summed E-state index contributed by atoms with van der Waals surface area (Å²) < 4.78 is 91.4. The zero-order chi connectivity index (χ0) is 22.4. The summed E-state index contributed by atoms with van der Waals surface area (Å²) in [7, 11) is 0. The number of ether oxygens (including phenoxy) is 5. The zero-order valence-corrected chi connectivity index (χ0v) is 17.0. The van der Waals surface area contributed by atoms with Gasteiger partial charge in [-0.1, -0.05) is 12.2 Å². The second kappa shape index (κ2) is 10.7. The minimum atomic E-state index is -4.70. The van der Waals surface area contributed by atoms with E-state index < -0.39 is 36.5 Å². The van der Waals surface area contributed by atoms with Gasteiger partial charge in [0.15, 0.2) is 36.6 Å². The van der Waals surface area contributed by atoms with E-state index in [4.69, 9.17) is 18.9 Å². The van der Waals surface area contributed by atoms with E-state index in [1.54, 1.807) is 0 Å². The molecule has 1 aromatic carbocycles. The van der Waals surface area contributed by atoms with E-state index >= 15 is 0 Å². The first-order chi connectivity index (χ1) is 14.7. The molecule has 174 valence electrons. The number of hydrogen-bond donors (Lipinski definition) is 0. The van der Waals surface area contributed by atoms with Gasteiger partial charge < -0.3 is 23.7 Å². The first-order valence-corrected chi connectivity index (χ1v) is 10.0. The minimum absolute atomic E-state index is 0.0294. The Labute approximate surface area is 177 Å². The molecule has 3 rings (SSSR count). The molecule has 0 amide bonds. The molecule has 2 heterocycles. The maximum Gasteiger partial charge on any atom is 0.422 e. The zero-order valence-electron chi connectivity index (χ0n) is 17.0. The lowest BCUT2D eigenvalue weighted by Crippen LogP contribution is -2.33. The third-order valence-electron chi connectivity index (χ3n) is 4.91. The molecule has 31 heavy (non-hydrogen) atoms. The number of alkyl halides is 3. The highest BCUT2D eigenvalue weighted by molar-refractivity contribution is 5.32. The molecule has 2 aliphatic heterocycles. The highest BCUT2D eigenvalue weighted by Crippen LogP contribution is 2.32. The van der Waals surface area contributed by atoms with Crippen LogP contribution in [0.15, 0.2) is 24.3 Å². The van der Waals surface area contributed by atoms with E-state index in [-0.39, 0.29) is 23.7 Å². The van der Waals surface area contributed by atoms with Crippen molar-refractivity contribution in [2.24, 2.45) is 11.8 Å². The van der Waals surface area contributed by atoms with Crippen molar-refractivity contribution in [2.45, 2.75) is 38.5 Å². The van der Waals surface area contributed by atoms with Crippen molar-refractivity contribution in [2.75, 3.05) is 33.0 Å². The van der Waals surface area contributed by atoms with Crippen LogP contribution in [0, 0.1) is 23.5 Å². The van der Waals surface area contributed by atoms with Crippen LogP contribution in [0.2, 0.25) is 0 Å². The van der Waals surface area contributed by atoms with Gasteiger partial charge in [0.1, 0.15) is 0 Å². The van der Waals surface area contributed by atoms with Crippen LogP contribution in [-0.4, -0.2) is 45.5 Å². The molecule has 0 radical (unpaired) electrons. The normalized spacial score (nSPS) is 27.5. The molecular formula is C21H25F5O5. The molecule has 0 unspecified atom stereocenters. The number of allylic oxidation sites excluding steroid dienone is 1. The molecule has 2 aliphatic rings. The summed E-state index contributed by atoms with van der Waals surface area (Å²) in [4.78, 5) is 0. The predicted molar refractivity (Wildman–Crippen MR) is 99.3 cm³/mol. The fraction of sp³-hybridized carbons (Fsp3) is 0.619. The molecular weight excluding hydrogens is 427 g/mol.